The Labute approximate surface area is 151 Å². The highest BCUT2D eigenvalue weighted by Crippen LogP contribution is 2.32. The van der Waals surface area contributed by atoms with E-state index in [0.717, 1.165) is 25.7 Å². The molecular formula is C17H24ClF3N4. The van der Waals surface area contributed by atoms with Crippen LogP contribution >= 0.6 is 11.6 Å². The van der Waals surface area contributed by atoms with Gasteiger partial charge in [-0.25, -0.2) is 9.97 Å². The number of rotatable bonds is 4. The van der Waals surface area contributed by atoms with Gasteiger partial charge >= 0.3 is 6.18 Å². The highest BCUT2D eigenvalue weighted by Gasteiger charge is 2.35. The maximum Gasteiger partial charge on any atom is 0.433 e. The van der Waals surface area contributed by atoms with Gasteiger partial charge in [0, 0.05) is 50.1 Å². The van der Waals surface area contributed by atoms with Gasteiger partial charge in [-0.1, -0.05) is 32.9 Å². The summed E-state index contributed by atoms with van der Waals surface area (Å²) in [5.41, 5.74) is -1.43. The quantitative estimate of drug-likeness (QED) is 0.592. The maximum atomic E-state index is 13.2. The number of alkyl halides is 4. The van der Waals surface area contributed by atoms with Gasteiger partial charge in [0.15, 0.2) is 0 Å². The molecular weight excluding hydrogens is 353 g/mol. The van der Waals surface area contributed by atoms with Crippen molar-refractivity contribution in [2.75, 3.05) is 43.5 Å². The van der Waals surface area contributed by atoms with Crippen molar-refractivity contribution in [3.63, 3.8) is 0 Å². The van der Waals surface area contributed by atoms with Gasteiger partial charge in [0.1, 0.15) is 17.3 Å². The molecule has 1 aromatic heterocycles. The van der Waals surface area contributed by atoms with E-state index >= 15 is 0 Å². The molecule has 0 spiro atoms. The van der Waals surface area contributed by atoms with E-state index in [1.54, 1.807) is 0 Å². The lowest BCUT2D eigenvalue weighted by molar-refractivity contribution is -0.141. The number of halogens is 4. The second kappa shape index (κ2) is 7.91. The lowest BCUT2D eigenvalue weighted by Crippen LogP contribution is -2.47. The molecule has 0 radical (unpaired) electrons. The van der Waals surface area contributed by atoms with Gasteiger partial charge in [0.05, 0.1) is 0 Å². The van der Waals surface area contributed by atoms with Crippen LogP contribution < -0.4 is 4.90 Å². The zero-order valence-electron chi connectivity index (χ0n) is 14.8. The van der Waals surface area contributed by atoms with Crippen LogP contribution in [0, 0.1) is 0 Å². The van der Waals surface area contributed by atoms with Gasteiger partial charge in [-0.3, -0.25) is 4.90 Å². The largest absolute Gasteiger partial charge is 0.433 e. The molecule has 1 saturated heterocycles. The van der Waals surface area contributed by atoms with Crippen molar-refractivity contribution in [2.45, 2.75) is 32.4 Å². The van der Waals surface area contributed by atoms with E-state index in [4.69, 9.17) is 11.6 Å². The summed E-state index contributed by atoms with van der Waals surface area (Å²) in [5.74, 6) is 1.05. The fourth-order valence-electron chi connectivity index (χ4n) is 2.52. The van der Waals surface area contributed by atoms with Crippen LogP contribution in [0.25, 0.3) is 0 Å². The summed E-state index contributed by atoms with van der Waals surface area (Å²) in [6.07, 6.45) is -0.581. The lowest BCUT2D eigenvalue weighted by Gasteiger charge is -2.35. The summed E-state index contributed by atoms with van der Waals surface area (Å²) in [6.45, 7) is 9.03. The average molecular weight is 377 g/mol. The highest BCUT2D eigenvalue weighted by atomic mass is 35.5. The average Bonchev–Trinajstić information content (AvgIpc) is 2.54. The van der Waals surface area contributed by atoms with Gasteiger partial charge in [0.2, 0.25) is 0 Å². The summed E-state index contributed by atoms with van der Waals surface area (Å²) in [7, 11) is 0. The predicted molar refractivity (Wildman–Crippen MR) is 94.2 cm³/mol. The molecule has 0 unspecified atom stereocenters. The number of nitrogens with zero attached hydrogens (tertiary/aromatic N) is 4. The Morgan fingerprint density at radius 2 is 1.72 bits per heavy atom. The standard InChI is InChI=1S/C17H24ClF3N4/c1-16(2,3)15-22-13(17(19,20)21)12-14(23-15)25-10-8-24(9-11-25)7-5-4-6-18/h4-5,12H,6-11H2,1-3H3/b5-4+. The van der Waals surface area contributed by atoms with Crippen LogP contribution in [0.3, 0.4) is 0 Å². The van der Waals surface area contributed by atoms with Crippen molar-refractivity contribution in [2.24, 2.45) is 0 Å². The van der Waals surface area contributed by atoms with Crippen molar-refractivity contribution < 1.29 is 13.2 Å². The summed E-state index contributed by atoms with van der Waals surface area (Å²) < 4.78 is 39.6. The Balaban J connectivity index is 2.18. The van der Waals surface area contributed by atoms with E-state index in [1.807, 2.05) is 37.8 Å². The highest BCUT2D eigenvalue weighted by molar-refractivity contribution is 6.18. The minimum absolute atomic E-state index is 0.213. The van der Waals surface area contributed by atoms with Crippen molar-refractivity contribution in [1.29, 1.82) is 0 Å². The zero-order chi connectivity index (χ0) is 18.7. The van der Waals surface area contributed by atoms with Gasteiger partial charge in [0.25, 0.3) is 0 Å². The van der Waals surface area contributed by atoms with Crippen molar-refractivity contribution in [3.8, 4) is 0 Å². The van der Waals surface area contributed by atoms with E-state index in [9.17, 15) is 13.2 Å². The molecule has 1 fully saturated rings. The monoisotopic (exact) mass is 376 g/mol. The minimum atomic E-state index is -4.48. The van der Waals surface area contributed by atoms with Gasteiger partial charge in [-0.05, 0) is 0 Å². The van der Waals surface area contributed by atoms with E-state index in [1.165, 1.54) is 0 Å². The number of piperazine rings is 1. The Morgan fingerprint density at radius 3 is 2.24 bits per heavy atom. The Hall–Kier alpha value is -1.34. The molecule has 140 valence electrons. The van der Waals surface area contributed by atoms with Gasteiger partial charge in [-0.15, -0.1) is 11.6 Å². The normalized spacial score (nSPS) is 17.5. The first-order valence-electron chi connectivity index (χ1n) is 8.26. The molecule has 2 rings (SSSR count). The number of aromatic nitrogens is 2. The summed E-state index contributed by atoms with van der Waals surface area (Å²) in [6, 6.07) is 1.05. The zero-order valence-corrected chi connectivity index (χ0v) is 15.5. The first kappa shape index (κ1) is 20.0. The minimum Gasteiger partial charge on any atom is -0.354 e. The molecule has 2 heterocycles. The Morgan fingerprint density at radius 1 is 1.08 bits per heavy atom. The van der Waals surface area contributed by atoms with Gasteiger partial charge < -0.3 is 4.90 Å². The third-order valence-electron chi connectivity index (χ3n) is 3.99. The molecule has 25 heavy (non-hydrogen) atoms. The van der Waals surface area contributed by atoms with Crippen LogP contribution in [-0.4, -0.2) is 53.5 Å². The topological polar surface area (TPSA) is 32.3 Å². The molecule has 0 amide bonds. The molecule has 0 N–H and O–H groups in total. The molecule has 0 bridgehead atoms. The van der Waals surface area contributed by atoms with Crippen LogP contribution in [0.1, 0.15) is 32.3 Å². The SMILES string of the molecule is CC(C)(C)c1nc(N2CCN(C/C=C/CCl)CC2)cc(C(F)(F)F)n1. The fourth-order valence-corrected chi connectivity index (χ4v) is 2.65. The third kappa shape index (κ3) is 5.57. The van der Waals surface area contributed by atoms with Crippen LogP contribution in [-0.2, 0) is 11.6 Å². The smallest absolute Gasteiger partial charge is 0.354 e. The lowest BCUT2D eigenvalue weighted by atomic mass is 9.95. The first-order valence-corrected chi connectivity index (χ1v) is 8.80. The van der Waals surface area contributed by atoms with Crippen molar-refractivity contribution >= 4 is 17.4 Å². The molecule has 1 aromatic rings. The first-order chi connectivity index (χ1) is 11.6. The third-order valence-corrected chi connectivity index (χ3v) is 4.17. The van der Waals surface area contributed by atoms with E-state index < -0.39 is 17.3 Å². The molecule has 8 heteroatoms. The molecule has 0 saturated carbocycles. The molecule has 0 aromatic carbocycles. The Kier molecular flexibility index (Phi) is 6.32. The predicted octanol–water partition coefficient (Wildman–Crippen LogP) is 3.71. The number of hydrogen-bond acceptors (Lipinski definition) is 4. The van der Waals surface area contributed by atoms with Gasteiger partial charge in [-0.2, -0.15) is 13.2 Å². The number of allylic oxidation sites excluding steroid dienone is 1. The number of hydrogen-bond donors (Lipinski definition) is 0. The van der Waals surface area contributed by atoms with Crippen molar-refractivity contribution in [3.05, 3.63) is 29.7 Å². The van der Waals surface area contributed by atoms with E-state index in [-0.39, 0.29) is 5.82 Å². The Bertz CT molecular complexity index is 571. The van der Waals surface area contributed by atoms with E-state index in [2.05, 4.69) is 14.9 Å². The van der Waals surface area contributed by atoms with Crippen LogP contribution in [0.2, 0.25) is 0 Å². The molecule has 1 aliphatic heterocycles. The van der Waals surface area contributed by atoms with Crippen molar-refractivity contribution in [1.82, 2.24) is 14.9 Å². The maximum absolute atomic E-state index is 13.2. The summed E-state index contributed by atoms with van der Waals surface area (Å²) in [5, 5.41) is 0. The summed E-state index contributed by atoms with van der Waals surface area (Å²) >= 11 is 5.61. The van der Waals surface area contributed by atoms with Crippen LogP contribution in [0.4, 0.5) is 19.0 Å². The molecule has 1 aliphatic rings. The van der Waals surface area contributed by atoms with Crippen LogP contribution in [0.5, 0.6) is 0 Å². The summed E-state index contributed by atoms with van der Waals surface area (Å²) in [4.78, 5) is 12.3. The van der Waals surface area contributed by atoms with E-state index in [0.29, 0.717) is 24.8 Å². The molecule has 4 nitrogen and oxygen atoms in total. The van der Waals surface area contributed by atoms with Crippen LogP contribution in [0.15, 0.2) is 18.2 Å². The molecule has 0 aliphatic carbocycles. The second-order valence-corrected chi connectivity index (χ2v) is 7.40. The molecule has 0 atom stereocenters. The number of anilines is 1. The second-order valence-electron chi connectivity index (χ2n) is 7.10. The fraction of sp³-hybridized carbons (Fsp3) is 0.647.